The van der Waals surface area contributed by atoms with Crippen LogP contribution in [0.5, 0.6) is 5.75 Å². The molecule has 4 N–H and O–H groups in total. The monoisotopic (exact) mass is 290 g/mol. The number of rotatable bonds is 3. The van der Waals surface area contributed by atoms with Crippen molar-refractivity contribution in [1.82, 2.24) is 9.55 Å². The number of hydrogen-bond donors (Lipinski definition) is 4. The van der Waals surface area contributed by atoms with Crippen LogP contribution in [0.15, 0.2) is 11.0 Å². The largest absolute Gasteiger partial charge is 0.492 e. The molecule has 1 fully saturated rings. The maximum Gasteiger partial charge on any atom is 0.328 e. The zero-order chi connectivity index (χ0) is 14.2. The van der Waals surface area contributed by atoms with E-state index >= 15 is 0 Å². The Labute approximate surface area is 112 Å². The topological polar surface area (TPSA) is 117 Å². The molecule has 9 heteroatoms. The fourth-order valence-electron chi connectivity index (χ4n) is 1.91. The van der Waals surface area contributed by atoms with Gasteiger partial charge in [-0.1, -0.05) is 12.2 Å². The Kier molecular flexibility index (Phi) is 4.02. The summed E-state index contributed by atoms with van der Waals surface area (Å²) in [7, 11) is 1.38. The van der Waals surface area contributed by atoms with E-state index < -0.39 is 36.8 Å². The number of aliphatic hydroxyl groups excluding tert-OH is 3. The normalized spacial score (nSPS) is 30.5. The minimum atomic E-state index is -1.34. The molecule has 0 amide bonds. The van der Waals surface area contributed by atoms with Gasteiger partial charge in [0.25, 0.3) is 0 Å². The van der Waals surface area contributed by atoms with Crippen LogP contribution in [0.3, 0.4) is 0 Å². The number of nitrogens with one attached hydrogen (secondary N) is 1. The molecule has 0 bridgehead atoms. The predicted molar refractivity (Wildman–Crippen MR) is 65.4 cm³/mol. The number of H-pyrrole nitrogens is 1. The highest BCUT2D eigenvalue weighted by atomic mass is 32.1. The van der Waals surface area contributed by atoms with E-state index in [0.29, 0.717) is 0 Å². The minimum absolute atomic E-state index is 0.121. The SMILES string of the molecule is COc1cn([C@@H]2O[C@H](CO)[C@@H](O)[C@H]2O)c(=O)[nH]c1=S. The van der Waals surface area contributed by atoms with Gasteiger partial charge in [-0.25, -0.2) is 4.79 Å². The van der Waals surface area contributed by atoms with Crippen molar-refractivity contribution >= 4 is 12.2 Å². The average Bonchev–Trinajstić information content (AvgIpc) is 2.67. The van der Waals surface area contributed by atoms with Crippen molar-refractivity contribution in [3.8, 4) is 5.75 Å². The molecule has 0 spiro atoms. The Balaban J connectivity index is 2.43. The Morgan fingerprint density at radius 1 is 1.53 bits per heavy atom. The van der Waals surface area contributed by atoms with Crippen molar-refractivity contribution in [2.45, 2.75) is 24.5 Å². The molecule has 4 atom stereocenters. The fourth-order valence-corrected chi connectivity index (χ4v) is 2.13. The van der Waals surface area contributed by atoms with E-state index in [-0.39, 0.29) is 10.4 Å². The maximum absolute atomic E-state index is 11.8. The van der Waals surface area contributed by atoms with Gasteiger partial charge < -0.3 is 24.8 Å². The first-order valence-electron chi connectivity index (χ1n) is 5.51. The molecule has 19 heavy (non-hydrogen) atoms. The van der Waals surface area contributed by atoms with Gasteiger partial charge in [-0.3, -0.25) is 9.55 Å². The van der Waals surface area contributed by atoms with E-state index in [1.165, 1.54) is 13.3 Å². The number of ether oxygens (including phenoxy) is 2. The van der Waals surface area contributed by atoms with E-state index in [0.717, 1.165) is 4.57 Å². The number of aliphatic hydroxyl groups is 3. The number of nitrogens with zero attached hydrogens (tertiary/aromatic N) is 1. The molecule has 2 heterocycles. The lowest BCUT2D eigenvalue weighted by Gasteiger charge is -2.17. The van der Waals surface area contributed by atoms with Gasteiger partial charge in [0.2, 0.25) is 0 Å². The first-order chi connectivity index (χ1) is 8.99. The van der Waals surface area contributed by atoms with Crippen LogP contribution < -0.4 is 10.4 Å². The highest BCUT2D eigenvalue weighted by Crippen LogP contribution is 2.28. The van der Waals surface area contributed by atoms with E-state index in [1.54, 1.807) is 0 Å². The van der Waals surface area contributed by atoms with Crippen LogP contribution >= 0.6 is 12.2 Å². The molecule has 106 valence electrons. The van der Waals surface area contributed by atoms with Gasteiger partial charge in [0.15, 0.2) is 16.6 Å². The second kappa shape index (κ2) is 5.39. The predicted octanol–water partition coefficient (Wildman–Crippen LogP) is -1.47. The van der Waals surface area contributed by atoms with Crippen LogP contribution in [0, 0.1) is 4.64 Å². The smallest absolute Gasteiger partial charge is 0.328 e. The summed E-state index contributed by atoms with van der Waals surface area (Å²) in [4.78, 5) is 14.2. The average molecular weight is 290 g/mol. The number of hydrogen-bond acceptors (Lipinski definition) is 7. The molecule has 0 unspecified atom stereocenters. The lowest BCUT2D eigenvalue weighted by Crippen LogP contribution is -2.36. The molecule has 1 aliphatic heterocycles. The Morgan fingerprint density at radius 3 is 2.74 bits per heavy atom. The number of methoxy groups -OCH3 is 1. The van der Waals surface area contributed by atoms with E-state index in [1.807, 2.05) is 0 Å². The second-order valence-corrected chi connectivity index (χ2v) is 4.50. The van der Waals surface area contributed by atoms with Crippen molar-refractivity contribution in [3.05, 3.63) is 21.3 Å². The summed E-state index contributed by atoms with van der Waals surface area (Å²) in [5.41, 5.74) is -0.611. The van der Waals surface area contributed by atoms with Gasteiger partial charge in [-0.15, -0.1) is 0 Å². The standard InChI is InChI=1S/C10H14N2O6S/c1-17-4-2-12(10(16)11-8(4)19)9-7(15)6(14)5(3-13)18-9/h2,5-7,9,13-15H,3H2,1H3,(H,11,16,19)/t5-,6-,7-,9-/m1/s1. The summed E-state index contributed by atoms with van der Waals surface area (Å²) in [6.07, 6.45) is -3.43. The molecule has 8 nitrogen and oxygen atoms in total. The van der Waals surface area contributed by atoms with Crippen LogP contribution in [0.2, 0.25) is 0 Å². The van der Waals surface area contributed by atoms with Gasteiger partial charge >= 0.3 is 5.69 Å². The Morgan fingerprint density at radius 2 is 2.21 bits per heavy atom. The summed E-state index contributed by atoms with van der Waals surface area (Å²) >= 11 is 4.89. The Hall–Kier alpha value is -1.26. The highest BCUT2D eigenvalue weighted by molar-refractivity contribution is 7.71. The van der Waals surface area contributed by atoms with Crippen molar-refractivity contribution in [2.24, 2.45) is 0 Å². The van der Waals surface area contributed by atoms with Crippen molar-refractivity contribution in [1.29, 1.82) is 0 Å². The van der Waals surface area contributed by atoms with E-state index in [2.05, 4.69) is 4.98 Å². The summed E-state index contributed by atoms with van der Waals surface area (Å²) in [6, 6.07) is 0. The second-order valence-electron chi connectivity index (χ2n) is 4.09. The number of aromatic amines is 1. The molecule has 1 aliphatic rings. The third-order valence-electron chi connectivity index (χ3n) is 2.95. The summed E-state index contributed by atoms with van der Waals surface area (Å²) in [6.45, 7) is -0.469. The van der Waals surface area contributed by atoms with Crippen molar-refractivity contribution in [3.63, 3.8) is 0 Å². The number of aromatic nitrogens is 2. The molecule has 0 radical (unpaired) electrons. The molecule has 0 aromatic carbocycles. The van der Waals surface area contributed by atoms with Gasteiger partial charge in [0, 0.05) is 0 Å². The first-order valence-corrected chi connectivity index (χ1v) is 5.92. The molecule has 1 aromatic heterocycles. The lowest BCUT2D eigenvalue weighted by molar-refractivity contribution is -0.0552. The summed E-state index contributed by atoms with van der Waals surface area (Å²) in [5, 5.41) is 28.5. The van der Waals surface area contributed by atoms with Crippen LogP contribution in [0.1, 0.15) is 6.23 Å². The summed E-state index contributed by atoms with van der Waals surface area (Å²) in [5.74, 6) is 0.229. The van der Waals surface area contributed by atoms with Crippen LogP contribution in [0.4, 0.5) is 0 Å². The first kappa shape index (κ1) is 14.2. The molecule has 2 rings (SSSR count). The molecule has 1 aromatic rings. The maximum atomic E-state index is 11.8. The van der Waals surface area contributed by atoms with Crippen LogP contribution in [0.25, 0.3) is 0 Å². The van der Waals surface area contributed by atoms with Gasteiger partial charge in [-0.05, 0) is 0 Å². The summed E-state index contributed by atoms with van der Waals surface area (Å²) < 4.78 is 11.4. The quantitative estimate of drug-likeness (QED) is 0.502. The van der Waals surface area contributed by atoms with Crippen LogP contribution in [-0.4, -0.2) is 56.9 Å². The fraction of sp³-hybridized carbons (Fsp3) is 0.600. The molecular weight excluding hydrogens is 276 g/mol. The van der Waals surface area contributed by atoms with Crippen molar-refractivity contribution < 1.29 is 24.8 Å². The minimum Gasteiger partial charge on any atom is -0.492 e. The third kappa shape index (κ3) is 2.42. The van der Waals surface area contributed by atoms with Gasteiger partial charge in [0.05, 0.1) is 19.9 Å². The molecular formula is C10H14N2O6S. The van der Waals surface area contributed by atoms with Gasteiger partial charge in [-0.2, -0.15) is 0 Å². The molecule has 0 saturated carbocycles. The van der Waals surface area contributed by atoms with Gasteiger partial charge in [0.1, 0.15) is 18.3 Å². The molecule has 1 saturated heterocycles. The van der Waals surface area contributed by atoms with Crippen LogP contribution in [-0.2, 0) is 4.74 Å². The lowest BCUT2D eigenvalue weighted by atomic mass is 10.1. The zero-order valence-corrected chi connectivity index (χ0v) is 10.8. The molecule has 0 aliphatic carbocycles. The van der Waals surface area contributed by atoms with E-state index in [4.69, 9.17) is 26.8 Å². The highest BCUT2D eigenvalue weighted by Gasteiger charge is 2.43. The Bertz CT molecular complexity index is 570. The van der Waals surface area contributed by atoms with E-state index in [9.17, 15) is 15.0 Å². The zero-order valence-electron chi connectivity index (χ0n) is 10.0. The van der Waals surface area contributed by atoms with Crippen molar-refractivity contribution in [2.75, 3.05) is 13.7 Å². The third-order valence-corrected chi connectivity index (χ3v) is 3.25.